The maximum Gasteiger partial charge on any atom is 0.315 e. The molecule has 0 saturated heterocycles. The first-order chi connectivity index (χ1) is 10.9. The van der Waals surface area contributed by atoms with Crippen LogP contribution in [0.25, 0.3) is 0 Å². The highest BCUT2D eigenvalue weighted by molar-refractivity contribution is 5.73. The summed E-state index contributed by atoms with van der Waals surface area (Å²) in [6.07, 6.45) is 1.02. The van der Waals surface area contributed by atoms with E-state index >= 15 is 0 Å². The number of carbonyl (C=O) groups is 1. The van der Waals surface area contributed by atoms with Gasteiger partial charge in [0.05, 0.1) is 6.54 Å². The van der Waals surface area contributed by atoms with E-state index in [1.165, 1.54) is 11.1 Å². The molecule has 1 aromatic heterocycles. The van der Waals surface area contributed by atoms with Crippen molar-refractivity contribution < 1.29 is 9.32 Å². The number of aromatic nitrogens is 2. The van der Waals surface area contributed by atoms with Crippen LogP contribution < -0.4 is 10.6 Å². The van der Waals surface area contributed by atoms with Crippen molar-refractivity contribution in [3.63, 3.8) is 0 Å². The van der Waals surface area contributed by atoms with Crippen molar-refractivity contribution in [3.05, 3.63) is 47.1 Å². The van der Waals surface area contributed by atoms with Gasteiger partial charge >= 0.3 is 6.03 Å². The topological polar surface area (TPSA) is 80.0 Å². The second-order valence-electron chi connectivity index (χ2n) is 6.20. The maximum absolute atomic E-state index is 11.9. The van der Waals surface area contributed by atoms with E-state index in [1.54, 1.807) is 6.92 Å². The molecule has 2 amide bonds. The molecule has 0 aliphatic rings. The average Bonchev–Trinajstić information content (AvgIpc) is 2.96. The number of urea groups is 1. The fourth-order valence-corrected chi connectivity index (χ4v) is 2.23. The third-order valence-electron chi connectivity index (χ3n) is 3.81. The number of nitrogens with one attached hydrogen (secondary N) is 2. The molecular weight excluding hydrogens is 292 g/mol. The lowest BCUT2D eigenvalue weighted by atomic mass is 9.84. The Morgan fingerprint density at radius 2 is 1.91 bits per heavy atom. The molecule has 1 heterocycles. The third-order valence-corrected chi connectivity index (χ3v) is 3.81. The van der Waals surface area contributed by atoms with Crippen LogP contribution >= 0.6 is 0 Å². The minimum atomic E-state index is -0.245. The van der Waals surface area contributed by atoms with Crippen molar-refractivity contribution in [2.24, 2.45) is 0 Å². The van der Waals surface area contributed by atoms with Crippen molar-refractivity contribution in [3.8, 4) is 0 Å². The van der Waals surface area contributed by atoms with Crippen molar-refractivity contribution >= 4 is 6.03 Å². The Morgan fingerprint density at radius 3 is 2.48 bits per heavy atom. The maximum atomic E-state index is 11.9. The lowest BCUT2D eigenvalue weighted by Crippen LogP contribution is -2.42. The molecule has 0 aliphatic heterocycles. The predicted molar refractivity (Wildman–Crippen MR) is 88.1 cm³/mol. The summed E-state index contributed by atoms with van der Waals surface area (Å²) in [6, 6.07) is 8.28. The van der Waals surface area contributed by atoms with E-state index in [9.17, 15) is 4.79 Å². The first-order valence-electron chi connectivity index (χ1n) is 7.81. The standard InChI is InChI=1S/C17H24N4O2/c1-5-13-6-8-14(9-7-13)17(3,4)11-19-16(22)18-10-15-20-12(2)23-21-15/h6-9H,5,10-11H2,1-4H3,(H2,18,19,22). The number of hydrogen-bond donors (Lipinski definition) is 2. The lowest BCUT2D eigenvalue weighted by molar-refractivity contribution is 0.237. The molecule has 0 saturated carbocycles. The molecule has 23 heavy (non-hydrogen) atoms. The quantitative estimate of drug-likeness (QED) is 0.858. The van der Waals surface area contributed by atoms with E-state index in [0.717, 1.165) is 6.42 Å². The van der Waals surface area contributed by atoms with Gasteiger partial charge in [-0.15, -0.1) is 0 Å². The normalized spacial score (nSPS) is 11.3. The molecule has 0 atom stereocenters. The van der Waals surface area contributed by atoms with Crippen LogP contribution in [0.5, 0.6) is 0 Å². The highest BCUT2D eigenvalue weighted by Gasteiger charge is 2.21. The van der Waals surface area contributed by atoms with E-state index in [4.69, 9.17) is 4.52 Å². The molecule has 2 N–H and O–H groups in total. The van der Waals surface area contributed by atoms with Gasteiger partial charge in [-0.1, -0.05) is 50.2 Å². The van der Waals surface area contributed by atoms with Crippen molar-refractivity contribution in [1.29, 1.82) is 0 Å². The molecule has 0 unspecified atom stereocenters. The molecule has 0 fully saturated rings. The number of aryl methyl sites for hydroxylation is 2. The molecule has 2 aromatic rings. The highest BCUT2D eigenvalue weighted by atomic mass is 16.5. The number of benzene rings is 1. The molecule has 6 nitrogen and oxygen atoms in total. The smallest absolute Gasteiger partial charge is 0.315 e. The monoisotopic (exact) mass is 316 g/mol. The Balaban J connectivity index is 1.83. The Hall–Kier alpha value is -2.37. The van der Waals surface area contributed by atoms with Gasteiger partial charge in [-0.2, -0.15) is 4.98 Å². The van der Waals surface area contributed by atoms with Gasteiger partial charge < -0.3 is 15.2 Å². The molecular formula is C17H24N4O2. The largest absolute Gasteiger partial charge is 0.340 e. The van der Waals surface area contributed by atoms with Crippen LogP contribution in [-0.4, -0.2) is 22.7 Å². The van der Waals surface area contributed by atoms with E-state index in [-0.39, 0.29) is 18.0 Å². The first kappa shape index (κ1) is 17.0. The van der Waals surface area contributed by atoms with E-state index in [0.29, 0.717) is 18.3 Å². The molecule has 2 rings (SSSR count). The SMILES string of the molecule is CCc1ccc(C(C)(C)CNC(=O)NCc2noc(C)n2)cc1. The summed E-state index contributed by atoms with van der Waals surface area (Å²) in [5.74, 6) is 0.950. The fraction of sp³-hybridized carbons (Fsp3) is 0.471. The molecule has 0 radical (unpaired) electrons. The minimum Gasteiger partial charge on any atom is -0.340 e. The van der Waals surface area contributed by atoms with Crippen LogP contribution in [-0.2, 0) is 18.4 Å². The zero-order valence-corrected chi connectivity index (χ0v) is 14.1. The Morgan fingerprint density at radius 1 is 1.22 bits per heavy atom. The molecule has 0 aliphatic carbocycles. The van der Waals surface area contributed by atoms with Gasteiger partial charge in [0.25, 0.3) is 0 Å². The van der Waals surface area contributed by atoms with Crippen molar-refractivity contribution in [2.75, 3.05) is 6.54 Å². The zero-order valence-electron chi connectivity index (χ0n) is 14.1. The van der Waals surface area contributed by atoms with Gasteiger partial charge in [0.15, 0.2) is 5.82 Å². The van der Waals surface area contributed by atoms with Crippen molar-refractivity contribution in [2.45, 2.75) is 46.1 Å². The number of rotatable bonds is 6. The number of nitrogens with zero attached hydrogens (tertiary/aromatic N) is 2. The molecule has 0 spiro atoms. The number of carbonyl (C=O) groups excluding carboxylic acids is 1. The van der Waals surface area contributed by atoms with E-state index in [1.807, 2.05) is 0 Å². The van der Waals surface area contributed by atoms with E-state index < -0.39 is 0 Å². The summed E-state index contributed by atoms with van der Waals surface area (Å²) in [4.78, 5) is 15.9. The summed E-state index contributed by atoms with van der Waals surface area (Å²) in [7, 11) is 0. The molecule has 1 aromatic carbocycles. The van der Waals surface area contributed by atoms with Gasteiger partial charge in [-0.25, -0.2) is 4.79 Å². The molecule has 6 heteroatoms. The van der Waals surface area contributed by atoms with Crippen LogP contribution in [0.3, 0.4) is 0 Å². The summed E-state index contributed by atoms with van der Waals surface area (Å²) < 4.78 is 4.85. The van der Waals surface area contributed by atoms with Gasteiger partial charge in [0.1, 0.15) is 0 Å². The second-order valence-corrected chi connectivity index (χ2v) is 6.20. The summed E-state index contributed by atoms with van der Waals surface area (Å²) in [5.41, 5.74) is 2.36. The first-order valence-corrected chi connectivity index (χ1v) is 7.81. The third kappa shape index (κ3) is 4.81. The lowest BCUT2D eigenvalue weighted by Gasteiger charge is -2.26. The summed E-state index contributed by atoms with van der Waals surface area (Å²) in [5, 5.41) is 9.34. The Labute approximate surface area is 136 Å². The molecule has 0 bridgehead atoms. The van der Waals surface area contributed by atoms with Gasteiger partial charge in [-0.05, 0) is 17.5 Å². The summed E-state index contributed by atoms with van der Waals surface area (Å²) in [6.45, 7) is 8.85. The highest BCUT2D eigenvalue weighted by Crippen LogP contribution is 2.22. The van der Waals surface area contributed by atoms with Crippen LogP contribution in [0.1, 0.15) is 43.6 Å². The zero-order chi connectivity index (χ0) is 16.9. The second kappa shape index (κ2) is 7.26. The van der Waals surface area contributed by atoms with E-state index in [2.05, 4.69) is 65.8 Å². The molecule has 124 valence electrons. The Bertz CT molecular complexity index is 647. The fourth-order valence-electron chi connectivity index (χ4n) is 2.23. The minimum absolute atomic E-state index is 0.146. The van der Waals surface area contributed by atoms with Crippen molar-refractivity contribution in [1.82, 2.24) is 20.8 Å². The average molecular weight is 316 g/mol. The number of amides is 2. The summed E-state index contributed by atoms with van der Waals surface area (Å²) >= 11 is 0. The Kier molecular flexibility index (Phi) is 5.36. The van der Waals surface area contributed by atoms with Crippen LogP contribution in [0.4, 0.5) is 4.79 Å². The van der Waals surface area contributed by atoms with Gasteiger partial charge in [-0.3, -0.25) is 0 Å². The number of hydrogen-bond acceptors (Lipinski definition) is 4. The van der Waals surface area contributed by atoms with Crippen LogP contribution in [0, 0.1) is 6.92 Å². The van der Waals surface area contributed by atoms with Crippen LogP contribution in [0.2, 0.25) is 0 Å². The van der Waals surface area contributed by atoms with Crippen LogP contribution in [0.15, 0.2) is 28.8 Å². The predicted octanol–water partition coefficient (Wildman–Crippen LogP) is 2.72. The van der Waals surface area contributed by atoms with Gasteiger partial charge in [0, 0.05) is 18.9 Å². The van der Waals surface area contributed by atoms with Gasteiger partial charge in [0.2, 0.25) is 5.89 Å².